The van der Waals surface area contributed by atoms with Gasteiger partial charge in [-0.1, -0.05) is 0 Å². The van der Waals surface area contributed by atoms with E-state index >= 15 is 0 Å². The zero-order chi connectivity index (χ0) is 8.23. The van der Waals surface area contributed by atoms with Crippen LogP contribution in [0.25, 0.3) is 0 Å². The van der Waals surface area contributed by atoms with Gasteiger partial charge in [0.15, 0.2) is 12.4 Å². The van der Waals surface area contributed by atoms with Gasteiger partial charge in [0.2, 0.25) is 5.89 Å². The summed E-state index contributed by atoms with van der Waals surface area (Å²) in [5.74, 6) is 1.23. The van der Waals surface area contributed by atoms with Gasteiger partial charge >= 0.3 is 0 Å². The van der Waals surface area contributed by atoms with Crippen molar-refractivity contribution in [2.24, 2.45) is 0 Å². The number of hydrogen-bond donors (Lipinski definition) is 1. The first-order chi connectivity index (χ1) is 5.95. The predicted molar refractivity (Wildman–Crippen MR) is 39.4 cm³/mol. The second kappa shape index (κ2) is 3.08. The molecule has 0 aliphatic carbocycles. The van der Waals surface area contributed by atoms with Crippen molar-refractivity contribution in [3.05, 3.63) is 30.7 Å². The molecular weight excluding hydrogens is 158 g/mol. The van der Waals surface area contributed by atoms with Crippen LogP contribution in [0.15, 0.2) is 29.3 Å². The number of aromatic amines is 1. The molecule has 0 amide bonds. The molecule has 2 aromatic heterocycles. The summed E-state index contributed by atoms with van der Waals surface area (Å²) in [6.07, 6.45) is 6.33. The maximum absolute atomic E-state index is 5.24. The van der Waals surface area contributed by atoms with Crippen LogP contribution in [0.4, 0.5) is 0 Å². The SMILES string of the molecule is c1coc(COc2cn[nH]c2)n1. The van der Waals surface area contributed by atoms with E-state index in [0.717, 1.165) is 0 Å². The molecule has 0 fully saturated rings. The Balaban J connectivity index is 1.91. The minimum Gasteiger partial charge on any atom is -0.481 e. The Morgan fingerprint density at radius 2 is 2.58 bits per heavy atom. The summed E-state index contributed by atoms with van der Waals surface area (Å²) in [5.41, 5.74) is 0. The lowest BCUT2D eigenvalue weighted by Crippen LogP contribution is -1.93. The maximum Gasteiger partial charge on any atom is 0.232 e. The Kier molecular flexibility index (Phi) is 1.77. The van der Waals surface area contributed by atoms with Crippen LogP contribution in [-0.4, -0.2) is 15.2 Å². The Bertz CT molecular complexity index is 280. The van der Waals surface area contributed by atoms with Crippen LogP contribution in [0.5, 0.6) is 5.75 Å². The third-order valence-corrected chi connectivity index (χ3v) is 1.32. The molecule has 2 heterocycles. The van der Waals surface area contributed by atoms with Gasteiger partial charge in [-0.3, -0.25) is 5.10 Å². The standard InChI is InChI=1S/C7H7N3O2/c1-2-11-7(8-1)5-12-6-3-9-10-4-6/h1-4H,5H2,(H,9,10). The van der Waals surface area contributed by atoms with Gasteiger partial charge in [-0.25, -0.2) is 4.98 Å². The van der Waals surface area contributed by atoms with Crippen LogP contribution in [0, 0.1) is 0 Å². The van der Waals surface area contributed by atoms with Gasteiger partial charge in [-0.2, -0.15) is 5.10 Å². The minimum absolute atomic E-state index is 0.326. The van der Waals surface area contributed by atoms with Gasteiger partial charge in [-0.05, 0) is 0 Å². The second-order valence-electron chi connectivity index (χ2n) is 2.15. The van der Waals surface area contributed by atoms with Crippen LogP contribution in [0.2, 0.25) is 0 Å². The zero-order valence-corrected chi connectivity index (χ0v) is 6.23. The van der Waals surface area contributed by atoms with E-state index in [1.165, 1.54) is 6.26 Å². The molecule has 0 saturated carbocycles. The topological polar surface area (TPSA) is 63.9 Å². The molecule has 0 atom stereocenters. The molecule has 0 aliphatic heterocycles. The van der Waals surface area contributed by atoms with Crippen molar-refractivity contribution in [3.8, 4) is 5.75 Å². The molecule has 2 rings (SSSR count). The molecule has 0 aromatic carbocycles. The number of nitrogens with zero attached hydrogens (tertiary/aromatic N) is 2. The molecule has 12 heavy (non-hydrogen) atoms. The average molecular weight is 165 g/mol. The van der Waals surface area contributed by atoms with Crippen molar-refractivity contribution >= 4 is 0 Å². The number of nitrogens with one attached hydrogen (secondary N) is 1. The highest BCUT2D eigenvalue weighted by atomic mass is 16.5. The third-order valence-electron chi connectivity index (χ3n) is 1.32. The van der Waals surface area contributed by atoms with E-state index in [9.17, 15) is 0 Å². The lowest BCUT2D eigenvalue weighted by molar-refractivity contribution is 0.263. The van der Waals surface area contributed by atoms with Crippen LogP contribution in [-0.2, 0) is 6.61 Å². The Hall–Kier alpha value is -1.78. The molecule has 62 valence electrons. The van der Waals surface area contributed by atoms with Crippen molar-refractivity contribution in [1.82, 2.24) is 15.2 Å². The van der Waals surface area contributed by atoms with Gasteiger partial charge in [0.05, 0.1) is 18.6 Å². The van der Waals surface area contributed by atoms with Crippen molar-refractivity contribution in [3.63, 3.8) is 0 Å². The van der Waals surface area contributed by atoms with Crippen molar-refractivity contribution < 1.29 is 9.15 Å². The number of aromatic nitrogens is 3. The molecule has 0 radical (unpaired) electrons. The molecule has 5 heteroatoms. The van der Waals surface area contributed by atoms with E-state index in [-0.39, 0.29) is 0 Å². The average Bonchev–Trinajstić information content (AvgIpc) is 2.74. The third kappa shape index (κ3) is 1.45. The first-order valence-electron chi connectivity index (χ1n) is 3.45. The van der Waals surface area contributed by atoms with Crippen molar-refractivity contribution in [1.29, 1.82) is 0 Å². The summed E-state index contributed by atoms with van der Waals surface area (Å²) in [6, 6.07) is 0. The van der Waals surface area contributed by atoms with Crippen LogP contribution < -0.4 is 4.74 Å². The molecule has 0 unspecified atom stereocenters. The number of oxazole rings is 1. The molecular formula is C7H7N3O2. The summed E-state index contributed by atoms with van der Waals surface area (Å²) in [6.45, 7) is 0.326. The molecule has 0 saturated heterocycles. The summed E-state index contributed by atoms with van der Waals surface area (Å²) in [5, 5.41) is 6.35. The number of hydrogen-bond acceptors (Lipinski definition) is 4. The molecule has 1 N–H and O–H groups in total. The van der Waals surface area contributed by atoms with Gasteiger partial charge in [0.1, 0.15) is 6.26 Å². The van der Waals surface area contributed by atoms with E-state index in [1.807, 2.05) is 0 Å². The maximum atomic E-state index is 5.24. The van der Waals surface area contributed by atoms with E-state index in [1.54, 1.807) is 18.6 Å². The van der Waals surface area contributed by atoms with Gasteiger partial charge in [-0.15, -0.1) is 0 Å². The van der Waals surface area contributed by atoms with E-state index < -0.39 is 0 Å². The number of rotatable bonds is 3. The smallest absolute Gasteiger partial charge is 0.232 e. The van der Waals surface area contributed by atoms with E-state index in [0.29, 0.717) is 18.2 Å². The van der Waals surface area contributed by atoms with Crippen molar-refractivity contribution in [2.45, 2.75) is 6.61 Å². The second-order valence-corrected chi connectivity index (χ2v) is 2.15. The fraction of sp³-hybridized carbons (Fsp3) is 0.143. The van der Waals surface area contributed by atoms with Crippen LogP contribution >= 0.6 is 0 Å². The highest BCUT2D eigenvalue weighted by Gasteiger charge is 1.98. The molecule has 0 bridgehead atoms. The number of ether oxygens (including phenoxy) is 1. The van der Waals surface area contributed by atoms with Gasteiger partial charge in [0, 0.05) is 0 Å². The highest BCUT2D eigenvalue weighted by Crippen LogP contribution is 2.07. The first-order valence-corrected chi connectivity index (χ1v) is 3.45. The van der Waals surface area contributed by atoms with Crippen molar-refractivity contribution in [2.75, 3.05) is 0 Å². The fourth-order valence-corrected chi connectivity index (χ4v) is 0.787. The Morgan fingerprint density at radius 3 is 3.25 bits per heavy atom. The van der Waals surface area contributed by atoms with Gasteiger partial charge in [0.25, 0.3) is 0 Å². The minimum atomic E-state index is 0.326. The first kappa shape index (κ1) is 6.90. The molecule has 0 spiro atoms. The monoisotopic (exact) mass is 165 g/mol. The fourth-order valence-electron chi connectivity index (χ4n) is 0.787. The summed E-state index contributed by atoms with van der Waals surface area (Å²) >= 11 is 0. The summed E-state index contributed by atoms with van der Waals surface area (Å²) in [7, 11) is 0. The Morgan fingerprint density at radius 1 is 1.58 bits per heavy atom. The zero-order valence-electron chi connectivity index (χ0n) is 6.23. The molecule has 2 aromatic rings. The lowest BCUT2D eigenvalue weighted by atomic mass is 10.6. The van der Waals surface area contributed by atoms with E-state index in [2.05, 4.69) is 15.2 Å². The van der Waals surface area contributed by atoms with Crippen LogP contribution in [0.3, 0.4) is 0 Å². The highest BCUT2D eigenvalue weighted by molar-refractivity contribution is 5.10. The van der Waals surface area contributed by atoms with Crippen LogP contribution in [0.1, 0.15) is 5.89 Å². The quantitative estimate of drug-likeness (QED) is 0.736. The van der Waals surface area contributed by atoms with Gasteiger partial charge < -0.3 is 9.15 Å². The largest absolute Gasteiger partial charge is 0.481 e. The number of H-pyrrole nitrogens is 1. The normalized spacial score (nSPS) is 10.0. The van der Waals surface area contributed by atoms with E-state index in [4.69, 9.17) is 9.15 Å². The Labute approximate surface area is 68.4 Å². The summed E-state index contributed by atoms with van der Waals surface area (Å²) in [4.78, 5) is 3.89. The summed E-state index contributed by atoms with van der Waals surface area (Å²) < 4.78 is 10.2. The lowest BCUT2D eigenvalue weighted by Gasteiger charge is -1.96. The molecule has 5 nitrogen and oxygen atoms in total. The molecule has 0 aliphatic rings. The predicted octanol–water partition coefficient (Wildman–Crippen LogP) is 0.977.